The third-order valence-electron chi connectivity index (χ3n) is 15.1. The summed E-state index contributed by atoms with van der Waals surface area (Å²) in [7, 11) is 0. The van der Waals surface area contributed by atoms with Crippen LogP contribution >= 0.6 is 23.5 Å². The topological polar surface area (TPSA) is 437 Å². The number of thioether (sulfide) groups is 2. The van der Waals surface area contributed by atoms with Gasteiger partial charge >= 0.3 is 23.9 Å². The molecule has 0 spiro atoms. The number of aliphatic imine (C=N–C) groups is 1. The van der Waals surface area contributed by atoms with Crippen LogP contribution in [0.25, 0.3) is 10.9 Å². The number of nitrogens with one attached hydrogen (secondary N) is 7. The molecule has 15 N–H and O–H groups in total. The van der Waals surface area contributed by atoms with E-state index in [1.165, 1.54) is 35.3 Å². The van der Waals surface area contributed by atoms with Crippen molar-refractivity contribution in [2.75, 3.05) is 116 Å². The van der Waals surface area contributed by atoms with Crippen LogP contribution in [0.1, 0.15) is 71.3 Å². The summed E-state index contributed by atoms with van der Waals surface area (Å²) < 4.78 is 0. The maximum atomic E-state index is 14.5. The van der Waals surface area contributed by atoms with E-state index in [1.54, 1.807) is 32.1 Å². The molecule has 2 aliphatic heterocycles. The molecule has 0 aliphatic carbocycles. The first-order chi connectivity index (χ1) is 42.3. The Kier molecular flexibility index (Phi) is 32.0. The van der Waals surface area contributed by atoms with Crippen molar-refractivity contribution in [3.05, 3.63) is 36.0 Å². The van der Waals surface area contributed by atoms with Crippen molar-refractivity contribution >= 4 is 106 Å². The second kappa shape index (κ2) is 38.3. The average molecular weight is 1290 g/mol. The second-order valence-corrected chi connectivity index (χ2v) is 24.6. The summed E-state index contributed by atoms with van der Waals surface area (Å²) in [5.74, 6) is -8.94. The Bertz CT molecular complexity index is 2720. The average Bonchev–Trinajstić information content (AvgIpc) is 2.87. The zero-order chi connectivity index (χ0) is 65.7. The van der Waals surface area contributed by atoms with Gasteiger partial charge in [0, 0.05) is 89.0 Å². The largest absolute Gasteiger partial charge is 0.480 e. The number of likely N-dealkylation sites (tertiary alicyclic amines) is 1. The van der Waals surface area contributed by atoms with Gasteiger partial charge in [-0.2, -0.15) is 23.5 Å². The third kappa shape index (κ3) is 26.4. The van der Waals surface area contributed by atoms with Gasteiger partial charge in [-0.25, -0.2) is 4.79 Å². The Balaban J connectivity index is 1.49. The molecular formula is C57H91N15O15S2. The first kappa shape index (κ1) is 74.2. The lowest BCUT2D eigenvalue weighted by Gasteiger charge is -2.34. The van der Waals surface area contributed by atoms with Crippen LogP contribution in [0.4, 0.5) is 0 Å². The van der Waals surface area contributed by atoms with Crippen LogP contribution < -0.4 is 43.4 Å². The number of para-hydroxylation sites is 1. The standard InChI is InChI=1S/C57H91N15O15S2/c1-35(2)28-43(53(83)67-44(29-37-30-61-39-11-7-6-10-38(37)39)54(84)63-41(15-27-89-5)52(82)65-42(56(86)87)12-8-16-60-57(58)59)66-50(80)36(3)62-51(81)40(14-26-88-4)64-55(85)45-13-9-17-72(45)46(73)31-68-18-20-69(32-47(74)75)22-24-71(34-49(78)79)25-23-70(21-19-68)33-48(76)77/h6-7,10-11,30,35-36,40-45,61H,8-9,12-29,31-34H2,1-5H3,(H,62,81)(H,63,84)(H,64,85)(H,65,82)(H,66,80)(H,67,83)(H,74,75)(H,76,77)(H,78,79)(H,86,87)(H4,58,59,60)/t36-,40-,41-,42-,43-,44-,45-/m0/s1. The van der Waals surface area contributed by atoms with Gasteiger partial charge in [0.15, 0.2) is 5.96 Å². The summed E-state index contributed by atoms with van der Waals surface area (Å²) in [5, 5.41) is 55.8. The number of hydrogen-bond donors (Lipinski definition) is 13. The number of hydrogen-bond acceptors (Lipinski definition) is 18. The van der Waals surface area contributed by atoms with Crippen molar-refractivity contribution in [2.24, 2.45) is 22.4 Å². The lowest BCUT2D eigenvalue weighted by atomic mass is 10.00. The minimum atomic E-state index is -1.34. The van der Waals surface area contributed by atoms with E-state index in [9.17, 15) is 73.2 Å². The van der Waals surface area contributed by atoms with E-state index >= 15 is 0 Å². The molecule has 89 heavy (non-hydrogen) atoms. The van der Waals surface area contributed by atoms with Crippen LogP contribution in [-0.2, 0) is 59.2 Å². The minimum Gasteiger partial charge on any atom is -0.480 e. The highest BCUT2D eigenvalue weighted by molar-refractivity contribution is 7.98. The Morgan fingerprint density at radius 2 is 1.07 bits per heavy atom. The smallest absolute Gasteiger partial charge is 0.326 e. The molecule has 2 fully saturated rings. The monoisotopic (exact) mass is 1290 g/mol. The molecule has 1 aromatic heterocycles. The highest BCUT2D eigenvalue weighted by atomic mass is 32.2. The fourth-order valence-corrected chi connectivity index (χ4v) is 11.3. The van der Waals surface area contributed by atoms with Gasteiger partial charge in [0.05, 0.1) is 26.2 Å². The number of guanidine groups is 1. The summed E-state index contributed by atoms with van der Waals surface area (Å²) in [4.78, 5) is 162. The summed E-state index contributed by atoms with van der Waals surface area (Å²) in [5.41, 5.74) is 12.2. The van der Waals surface area contributed by atoms with E-state index in [1.807, 2.05) is 44.4 Å². The van der Waals surface area contributed by atoms with Crippen molar-refractivity contribution in [1.82, 2.24) is 61.4 Å². The molecule has 7 atom stereocenters. The molecule has 3 heterocycles. The van der Waals surface area contributed by atoms with E-state index in [-0.39, 0.29) is 148 Å². The van der Waals surface area contributed by atoms with E-state index in [0.717, 1.165) is 10.9 Å². The Morgan fingerprint density at radius 3 is 1.58 bits per heavy atom. The molecule has 4 rings (SSSR count). The van der Waals surface area contributed by atoms with E-state index in [2.05, 4.69) is 41.9 Å². The molecule has 496 valence electrons. The molecule has 7 amide bonds. The summed E-state index contributed by atoms with van der Waals surface area (Å²) in [6.45, 7) is 5.66. The number of carbonyl (C=O) groups excluding carboxylic acids is 7. The number of aromatic amines is 1. The zero-order valence-corrected chi connectivity index (χ0v) is 53.0. The van der Waals surface area contributed by atoms with Crippen LogP contribution in [0, 0.1) is 5.92 Å². The molecular weight excluding hydrogens is 1200 g/mol. The summed E-state index contributed by atoms with van der Waals surface area (Å²) in [6.07, 6.45) is 6.48. The number of carboxylic acids is 4. The maximum Gasteiger partial charge on any atom is 0.326 e. The molecule has 0 radical (unpaired) electrons. The van der Waals surface area contributed by atoms with Crippen LogP contribution in [0.5, 0.6) is 0 Å². The Morgan fingerprint density at radius 1 is 0.596 bits per heavy atom. The molecule has 0 unspecified atom stereocenters. The number of aliphatic carboxylic acids is 4. The highest BCUT2D eigenvalue weighted by Gasteiger charge is 2.38. The normalized spacial score (nSPS) is 17.7. The maximum absolute atomic E-state index is 14.5. The molecule has 0 saturated carbocycles. The van der Waals surface area contributed by atoms with Crippen LogP contribution in [0.15, 0.2) is 35.5 Å². The number of nitrogens with two attached hydrogens (primary N) is 2. The van der Waals surface area contributed by atoms with Crippen LogP contribution in [-0.4, -0.2) is 279 Å². The van der Waals surface area contributed by atoms with Crippen molar-refractivity contribution in [2.45, 2.75) is 114 Å². The predicted octanol–water partition coefficient (Wildman–Crippen LogP) is -2.20. The molecule has 30 nitrogen and oxygen atoms in total. The van der Waals surface area contributed by atoms with Crippen molar-refractivity contribution in [1.29, 1.82) is 0 Å². The zero-order valence-electron chi connectivity index (χ0n) is 51.4. The van der Waals surface area contributed by atoms with E-state index < -0.39 is 108 Å². The van der Waals surface area contributed by atoms with Gasteiger partial charge in [-0.15, -0.1) is 0 Å². The molecule has 1 aromatic carbocycles. The fraction of sp³-hybridized carbons (Fsp3) is 0.649. The van der Waals surface area contributed by atoms with Gasteiger partial charge in [0.2, 0.25) is 41.4 Å². The number of carboxylic acid groups (broad SMARTS) is 4. The SMILES string of the molecule is CSCC[C@H](NC(=O)[C@H](Cc1c[nH]c2ccccc12)NC(=O)[C@H](CC(C)C)NC(=O)[C@H](C)NC(=O)[C@H](CCSC)NC(=O)[C@@H]1CCCN1C(=O)CN1CCN(CC(=O)O)CCN(CC(=O)O)CCN(CC(=O)O)CC1)C(=O)N[C@@H](CCCN=C(N)N)C(=O)O. The molecule has 0 bridgehead atoms. The number of H-pyrrole nitrogens is 1. The van der Waals surface area contributed by atoms with Gasteiger partial charge in [-0.1, -0.05) is 32.0 Å². The van der Waals surface area contributed by atoms with Gasteiger partial charge in [0.1, 0.15) is 42.3 Å². The van der Waals surface area contributed by atoms with Crippen LogP contribution in [0.3, 0.4) is 0 Å². The van der Waals surface area contributed by atoms with Gasteiger partial charge in [0.25, 0.3) is 0 Å². The summed E-state index contributed by atoms with van der Waals surface area (Å²) >= 11 is 2.80. The van der Waals surface area contributed by atoms with Crippen molar-refractivity contribution in [3.8, 4) is 0 Å². The van der Waals surface area contributed by atoms with Crippen LogP contribution in [0.2, 0.25) is 0 Å². The summed E-state index contributed by atoms with van der Waals surface area (Å²) in [6, 6.07) is -1.28. The van der Waals surface area contributed by atoms with Gasteiger partial charge < -0.3 is 73.7 Å². The lowest BCUT2D eigenvalue weighted by Crippen LogP contribution is -2.60. The number of benzene rings is 1. The third-order valence-corrected chi connectivity index (χ3v) is 16.4. The number of amides is 7. The number of aromatic nitrogens is 1. The Hall–Kier alpha value is -7.26. The molecule has 2 saturated heterocycles. The van der Waals surface area contributed by atoms with Crippen molar-refractivity contribution in [3.63, 3.8) is 0 Å². The number of carbonyl (C=O) groups is 11. The second-order valence-electron chi connectivity index (χ2n) is 22.6. The quantitative estimate of drug-likeness (QED) is 0.0198. The molecule has 2 aliphatic rings. The van der Waals surface area contributed by atoms with Crippen molar-refractivity contribution < 1.29 is 73.2 Å². The number of fused-ring (bicyclic) bond motifs is 1. The van der Waals surface area contributed by atoms with Gasteiger partial charge in [-0.05, 0) is 93.4 Å². The number of rotatable bonds is 35. The predicted molar refractivity (Wildman–Crippen MR) is 336 cm³/mol. The molecule has 2 aromatic rings. The van der Waals surface area contributed by atoms with E-state index in [0.29, 0.717) is 23.5 Å². The Labute approximate surface area is 526 Å². The number of nitrogens with zero attached hydrogens (tertiary/aromatic N) is 6. The first-order valence-electron chi connectivity index (χ1n) is 29.8. The molecule has 32 heteroatoms. The first-order valence-corrected chi connectivity index (χ1v) is 32.5. The highest BCUT2D eigenvalue weighted by Crippen LogP contribution is 2.21. The lowest BCUT2D eigenvalue weighted by molar-refractivity contribution is -0.142. The van der Waals surface area contributed by atoms with E-state index in [4.69, 9.17) is 11.5 Å². The minimum absolute atomic E-state index is 0.0177. The van der Waals surface area contributed by atoms with Gasteiger partial charge in [-0.3, -0.25) is 72.5 Å². The fourth-order valence-electron chi connectivity index (χ4n) is 10.4.